The lowest BCUT2D eigenvalue weighted by molar-refractivity contribution is 0.487. The summed E-state index contributed by atoms with van der Waals surface area (Å²) in [5.41, 5.74) is 10.8. The van der Waals surface area contributed by atoms with Crippen LogP contribution in [0.1, 0.15) is 0 Å². The van der Waals surface area contributed by atoms with Crippen molar-refractivity contribution < 1.29 is 4.74 Å². The third kappa shape index (κ3) is 3.71. The van der Waals surface area contributed by atoms with Crippen LogP contribution in [0.15, 0.2) is 164 Å². The van der Waals surface area contributed by atoms with E-state index >= 15 is 0 Å². The van der Waals surface area contributed by atoms with E-state index in [0.717, 1.165) is 17.1 Å². The summed E-state index contributed by atoms with van der Waals surface area (Å²) in [6, 6.07) is 59.0. The van der Waals surface area contributed by atoms with Gasteiger partial charge in [0.1, 0.15) is 11.5 Å². The summed E-state index contributed by atoms with van der Waals surface area (Å²) < 4.78 is 8.70. The fraction of sp³-hybridized carbons (Fsp3) is 0. The summed E-state index contributed by atoms with van der Waals surface area (Å²) >= 11 is 0. The van der Waals surface area contributed by atoms with Gasteiger partial charge in [0, 0.05) is 27.4 Å². The molecule has 0 saturated carbocycles. The number of hydrogen-bond donors (Lipinski definition) is 0. The molecule has 1 aliphatic heterocycles. The van der Waals surface area contributed by atoms with Crippen LogP contribution in [0.5, 0.6) is 11.5 Å². The standard InChI is InChI=1S/C44H27NO/c1-2-10-34(11-3-1)45-39-14-5-4-12-37(39)44-35-23-20-31(26-33(35)21-24-40(44)45)28-16-18-29(19-17-28)32-22-25-41-38(27-32)36-13-6-8-30-9-7-15-42(46-41)43(30)36/h1-27H. The van der Waals surface area contributed by atoms with Gasteiger partial charge in [-0.3, -0.25) is 0 Å². The van der Waals surface area contributed by atoms with Crippen LogP contribution in [-0.4, -0.2) is 4.57 Å². The first-order chi connectivity index (χ1) is 22.8. The van der Waals surface area contributed by atoms with Crippen molar-refractivity contribution in [3.63, 3.8) is 0 Å². The molecular weight excluding hydrogens is 558 g/mol. The largest absolute Gasteiger partial charge is 0.456 e. The van der Waals surface area contributed by atoms with Gasteiger partial charge in [-0.1, -0.05) is 115 Å². The molecule has 2 heterocycles. The molecule has 214 valence electrons. The molecule has 46 heavy (non-hydrogen) atoms. The van der Waals surface area contributed by atoms with E-state index in [0.29, 0.717) is 0 Å². The topological polar surface area (TPSA) is 14.2 Å². The number of para-hydroxylation sites is 2. The van der Waals surface area contributed by atoms with Gasteiger partial charge in [0.15, 0.2) is 0 Å². The van der Waals surface area contributed by atoms with Gasteiger partial charge in [0.2, 0.25) is 0 Å². The maximum atomic E-state index is 6.33. The van der Waals surface area contributed by atoms with Crippen molar-refractivity contribution in [2.45, 2.75) is 0 Å². The van der Waals surface area contributed by atoms with Crippen LogP contribution in [0.2, 0.25) is 0 Å². The Bertz CT molecular complexity index is 2640. The third-order valence-corrected chi connectivity index (χ3v) is 9.58. The van der Waals surface area contributed by atoms with Gasteiger partial charge >= 0.3 is 0 Å². The maximum absolute atomic E-state index is 6.33. The molecule has 0 aliphatic carbocycles. The molecule has 10 rings (SSSR count). The Balaban J connectivity index is 1.04. The van der Waals surface area contributed by atoms with Crippen molar-refractivity contribution in [2.24, 2.45) is 0 Å². The van der Waals surface area contributed by atoms with Gasteiger partial charge in [-0.25, -0.2) is 0 Å². The Labute approximate surface area is 266 Å². The smallest absolute Gasteiger partial charge is 0.135 e. The summed E-state index contributed by atoms with van der Waals surface area (Å²) in [4.78, 5) is 0. The van der Waals surface area contributed by atoms with Crippen LogP contribution in [0.25, 0.3) is 82.4 Å². The molecule has 0 radical (unpaired) electrons. The SMILES string of the molecule is c1ccc(-n2c3ccccc3c3c4ccc(-c5ccc(-c6ccc7c(c6)-c6cccc8cccc(c68)O7)cc5)cc4ccc32)cc1. The van der Waals surface area contributed by atoms with Gasteiger partial charge in [-0.05, 0) is 92.5 Å². The lowest BCUT2D eigenvalue weighted by Crippen LogP contribution is -1.97. The van der Waals surface area contributed by atoms with Gasteiger partial charge in [-0.2, -0.15) is 0 Å². The average molecular weight is 586 g/mol. The second-order valence-corrected chi connectivity index (χ2v) is 12.1. The van der Waals surface area contributed by atoms with Crippen molar-refractivity contribution in [1.29, 1.82) is 0 Å². The van der Waals surface area contributed by atoms with E-state index < -0.39 is 0 Å². The second kappa shape index (κ2) is 9.69. The Morgan fingerprint density at radius 1 is 0.370 bits per heavy atom. The molecule has 0 bridgehead atoms. The molecule has 1 aliphatic rings. The van der Waals surface area contributed by atoms with Gasteiger partial charge < -0.3 is 9.30 Å². The highest BCUT2D eigenvalue weighted by atomic mass is 16.5. The van der Waals surface area contributed by atoms with Gasteiger partial charge in [0.05, 0.1) is 11.0 Å². The number of benzene rings is 8. The van der Waals surface area contributed by atoms with Gasteiger partial charge in [-0.15, -0.1) is 0 Å². The first kappa shape index (κ1) is 25.2. The van der Waals surface area contributed by atoms with Crippen LogP contribution in [0.3, 0.4) is 0 Å². The summed E-state index contributed by atoms with van der Waals surface area (Å²) in [7, 11) is 0. The Hall–Kier alpha value is -6.12. The van der Waals surface area contributed by atoms with E-state index in [1.54, 1.807) is 0 Å². The fourth-order valence-corrected chi connectivity index (χ4v) is 7.43. The molecule has 2 nitrogen and oxygen atoms in total. The van der Waals surface area contributed by atoms with E-state index in [4.69, 9.17) is 4.74 Å². The summed E-state index contributed by atoms with van der Waals surface area (Å²) in [5, 5.41) is 7.48. The molecular formula is C44H27NO. The minimum atomic E-state index is 0.906. The van der Waals surface area contributed by atoms with Crippen LogP contribution in [-0.2, 0) is 0 Å². The van der Waals surface area contributed by atoms with Crippen molar-refractivity contribution in [1.82, 2.24) is 4.57 Å². The zero-order valence-corrected chi connectivity index (χ0v) is 24.9. The number of rotatable bonds is 3. The molecule has 9 aromatic rings. The number of aromatic nitrogens is 1. The first-order valence-corrected chi connectivity index (χ1v) is 15.8. The van der Waals surface area contributed by atoms with Crippen LogP contribution >= 0.6 is 0 Å². The summed E-state index contributed by atoms with van der Waals surface area (Å²) in [5.74, 6) is 1.83. The minimum Gasteiger partial charge on any atom is -0.456 e. The highest BCUT2D eigenvalue weighted by molar-refractivity contribution is 6.21. The van der Waals surface area contributed by atoms with Crippen LogP contribution in [0, 0.1) is 0 Å². The van der Waals surface area contributed by atoms with E-state index in [1.165, 1.54) is 76.9 Å². The fourth-order valence-electron chi connectivity index (χ4n) is 7.43. The quantitative estimate of drug-likeness (QED) is 0.201. The minimum absolute atomic E-state index is 0.906. The van der Waals surface area contributed by atoms with Crippen molar-refractivity contribution >= 4 is 43.4 Å². The number of hydrogen-bond acceptors (Lipinski definition) is 1. The molecule has 0 spiro atoms. The molecule has 0 N–H and O–H groups in total. The second-order valence-electron chi connectivity index (χ2n) is 12.1. The maximum Gasteiger partial charge on any atom is 0.135 e. The molecule has 1 aromatic heterocycles. The van der Waals surface area contributed by atoms with E-state index in [-0.39, 0.29) is 0 Å². The molecule has 0 unspecified atom stereocenters. The van der Waals surface area contributed by atoms with E-state index in [2.05, 4.69) is 168 Å². The summed E-state index contributed by atoms with van der Waals surface area (Å²) in [6.45, 7) is 0. The van der Waals surface area contributed by atoms with Crippen LogP contribution in [0.4, 0.5) is 0 Å². The molecule has 8 aromatic carbocycles. The first-order valence-electron chi connectivity index (χ1n) is 15.8. The van der Waals surface area contributed by atoms with Crippen molar-refractivity contribution in [3.8, 4) is 50.6 Å². The zero-order valence-electron chi connectivity index (χ0n) is 24.9. The number of nitrogens with zero attached hydrogens (tertiary/aromatic N) is 1. The lowest BCUT2D eigenvalue weighted by Gasteiger charge is -2.22. The number of fused-ring (bicyclic) bond motifs is 7. The molecule has 2 heteroatoms. The summed E-state index contributed by atoms with van der Waals surface area (Å²) in [6.07, 6.45) is 0. The highest BCUT2D eigenvalue weighted by Crippen LogP contribution is 2.47. The van der Waals surface area contributed by atoms with E-state index in [9.17, 15) is 0 Å². The predicted octanol–water partition coefficient (Wildman–Crippen LogP) is 12.2. The Kier molecular flexibility index (Phi) is 5.31. The molecule has 0 atom stereocenters. The Morgan fingerprint density at radius 3 is 1.93 bits per heavy atom. The van der Waals surface area contributed by atoms with Crippen molar-refractivity contribution in [3.05, 3.63) is 164 Å². The Morgan fingerprint density at radius 2 is 1.09 bits per heavy atom. The van der Waals surface area contributed by atoms with Crippen LogP contribution < -0.4 is 4.74 Å². The zero-order chi connectivity index (χ0) is 30.2. The predicted molar refractivity (Wildman–Crippen MR) is 192 cm³/mol. The monoisotopic (exact) mass is 585 g/mol. The number of ether oxygens (including phenoxy) is 1. The molecule has 0 amide bonds. The lowest BCUT2D eigenvalue weighted by atomic mass is 9.92. The normalized spacial score (nSPS) is 12.1. The average Bonchev–Trinajstić information content (AvgIpc) is 3.47. The van der Waals surface area contributed by atoms with Gasteiger partial charge in [0.25, 0.3) is 0 Å². The van der Waals surface area contributed by atoms with E-state index in [1.807, 2.05) is 0 Å². The molecule has 0 saturated heterocycles. The highest BCUT2D eigenvalue weighted by Gasteiger charge is 2.20. The third-order valence-electron chi connectivity index (χ3n) is 9.58. The van der Waals surface area contributed by atoms with Crippen molar-refractivity contribution in [2.75, 3.05) is 0 Å². The molecule has 0 fully saturated rings.